The van der Waals surface area contributed by atoms with Crippen LogP contribution in [0, 0.1) is 22.7 Å². The molecule has 0 radical (unpaired) electrons. The summed E-state index contributed by atoms with van der Waals surface area (Å²) in [5.41, 5.74) is 3.65. The van der Waals surface area contributed by atoms with Gasteiger partial charge in [0.15, 0.2) is 17.9 Å². The van der Waals surface area contributed by atoms with Gasteiger partial charge in [0, 0.05) is 5.56 Å². The molecule has 4 rings (SSSR count). The van der Waals surface area contributed by atoms with Crippen LogP contribution in [0.3, 0.4) is 0 Å². The third-order valence-corrected chi connectivity index (χ3v) is 4.74. The molecule has 0 bridgehead atoms. The second-order valence-corrected chi connectivity index (χ2v) is 6.35. The number of nitriles is 2. The normalized spacial score (nSPS) is 10.9. The number of imidazole rings is 1. The monoisotopic (exact) mass is 395 g/mol. The highest BCUT2D eigenvalue weighted by Crippen LogP contribution is 2.38. The minimum absolute atomic E-state index is 0.267. The minimum atomic E-state index is 0.267. The molecule has 0 aliphatic heterocycles. The van der Waals surface area contributed by atoms with Crippen molar-refractivity contribution in [2.24, 2.45) is 4.99 Å². The van der Waals surface area contributed by atoms with Crippen LogP contribution in [-0.2, 0) is 4.74 Å². The van der Waals surface area contributed by atoms with Crippen molar-refractivity contribution in [3.05, 3.63) is 59.7 Å². The van der Waals surface area contributed by atoms with E-state index in [0.29, 0.717) is 46.0 Å². The molecule has 2 aromatic heterocycles. The largest absolute Gasteiger partial charge is 0.497 e. The first-order valence-electron chi connectivity index (χ1n) is 9.29. The summed E-state index contributed by atoms with van der Waals surface area (Å²) in [6.45, 7) is 2.29. The van der Waals surface area contributed by atoms with E-state index in [9.17, 15) is 10.5 Å². The van der Waals surface area contributed by atoms with Crippen LogP contribution in [0.5, 0.6) is 5.75 Å². The molecule has 0 spiro atoms. The van der Waals surface area contributed by atoms with Crippen molar-refractivity contribution in [1.29, 1.82) is 10.5 Å². The molecule has 0 unspecified atom stereocenters. The summed E-state index contributed by atoms with van der Waals surface area (Å²) < 4.78 is 12.3. The molecule has 0 atom stereocenters. The number of benzene rings is 2. The number of hydrogen-bond acceptors (Lipinski definition) is 6. The molecule has 2 heterocycles. The molecule has 4 aromatic rings. The van der Waals surface area contributed by atoms with Gasteiger partial charge in [-0.25, -0.2) is 9.98 Å². The number of aromatic nitrogens is 2. The Morgan fingerprint density at radius 2 is 1.80 bits per heavy atom. The summed E-state index contributed by atoms with van der Waals surface area (Å²) in [5.74, 6) is 1.04. The molecule has 146 valence electrons. The van der Waals surface area contributed by atoms with E-state index in [2.05, 4.69) is 22.1 Å². The lowest BCUT2D eigenvalue weighted by Crippen LogP contribution is -2.00. The Labute approximate surface area is 173 Å². The van der Waals surface area contributed by atoms with Crippen molar-refractivity contribution in [3.8, 4) is 29.0 Å². The predicted molar refractivity (Wildman–Crippen MR) is 114 cm³/mol. The molecule has 30 heavy (non-hydrogen) atoms. The second-order valence-electron chi connectivity index (χ2n) is 6.35. The fraction of sp³-hybridized carbons (Fsp3) is 0.130. The van der Waals surface area contributed by atoms with Gasteiger partial charge >= 0.3 is 0 Å². The van der Waals surface area contributed by atoms with Crippen LogP contribution in [0.2, 0.25) is 0 Å². The Morgan fingerprint density at radius 1 is 1.07 bits per heavy atom. The lowest BCUT2D eigenvalue weighted by atomic mass is 9.96. The Bertz CT molecular complexity index is 1360. The summed E-state index contributed by atoms with van der Waals surface area (Å²) in [6, 6.07) is 19.2. The molecule has 7 nitrogen and oxygen atoms in total. The fourth-order valence-electron chi connectivity index (χ4n) is 3.41. The predicted octanol–water partition coefficient (Wildman–Crippen LogP) is 4.60. The van der Waals surface area contributed by atoms with Crippen molar-refractivity contribution >= 4 is 28.9 Å². The molecule has 0 saturated carbocycles. The van der Waals surface area contributed by atoms with Gasteiger partial charge in [0.1, 0.15) is 29.0 Å². The van der Waals surface area contributed by atoms with Crippen LogP contribution < -0.4 is 4.74 Å². The topological polar surface area (TPSA) is 95.7 Å². The third kappa shape index (κ3) is 2.99. The maximum Gasteiger partial charge on any atom is 0.176 e. The summed E-state index contributed by atoms with van der Waals surface area (Å²) >= 11 is 0. The van der Waals surface area contributed by atoms with Crippen LogP contribution >= 0.6 is 0 Å². The van der Waals surface area contributed by atoms with Gasteiger partial charge in [-0.2, -0.15) is 10.5 Å². The van der Waals surface area contributed by atoms with Gasteiger partial charge < -0.3 is 9.47 Å². The Balaban J connectivity index is 2.17. The number of hydrogen-bond donors (Lipinski definition) is 0. The first kappa shape index (κ1) is 19.0. The van der Waals surface area contributed by atoms with E-state index >= 15 is 0 Å². The van der Waals surface area contributed by atoms with Gasteiger partial charge in [-0.15, -0.1) is 0 Å². The molecule has 0 saturated heterocycles. The van der Waals surface area contributed by atoms with Crippen LogP contribution in [0.15, 0.2) is 53.5 Å². The molecule has 0 amide bonds. The van der Waals surface area contributed by atoms with E-state index in [0.717, 1.165) is 5.52 Å². The highest BCUT2D eigenvalue weighted by atomic mass is 16.5. The fourth-order valence-corrected chi connectivity index (χ4v) is 3.41. The van der Waals surface area contributed by atoms with Crippen molar-refractivity contribution in [3.63, 3.8) is 0 Å². The van der Waals surface area contributed by atoms with Crippen LogP contribution in [0.1, 0.15) is 18.1 Å². The zero-order valence-electron chi connectivity index (χ0n) is 16.5. The lowest BCUT2D eigenvalue weighted by Gasteiger charge is -2.13. The zero-order valence-corrected chi connectivity index (χ0v) is 16.5. The first-order valence-corrected chi connectivity index (χ1v) is 9.29. The average Bonchev–Trinajstić information content (AvgIpc) is 3.18. The number of pyridine rings is 1. The molecule has 0 N–H and O–H groups in total. The van der Waals surface area contributed by atoms with Gasteiger partial charge in [0.05, 0.1) is 24.8 Å². The van der Waals surface area contributed by atoms with Gasteiger partial charge in [0.25, 0.3) is 0 Å². The SMILES string of the molecule is CCO/C=N/c1c(C#N)c(-c2ccc(OC)cc2)c(C#N)c2nc3ccccc3n12. The van der Waals surface area contributed by atoms with Crippen molar-refractivity contribution in [1.82, 2.24) is 9.38 Å². The quantitative estimate of drug-likeness (QED) is 0.363. The summed E-state index contributed by atoms with van der Waals surface area (Å²) in [5, 5.41) is 20.1. The maximum absolute atomic E-state index is 10.1. The number of nitrogens with zero attached hydrogens (tertiary/aromatic N) is 5. The van der Waals surface area contributed by atoms with E-state index in [1.807, 2.05) is 43.3 Å². The van der Waals surface area contributed by atoms with Crippen LogP contribution in [0.4, 0.5) is 5.82 Å². The lowest BCUT2D eigenvalue weighted by molar-refractivity contribution is 0.344. The van der Waals surface area contributed by atoms with E-state index < -0.39 is 0 Å². The van der Waals surface area contributed by atoms with Crippen LogP contribution in [0.25, 0.3) is 27.8 Å². The van der Waals surface area contributed by atoms with Crippen molar-refractivity contribution in [2.45, 2.75) is 6.92 Å². The number of para-hydroxylation sites is 2. The number of aliphatic imine (C=N–C) groups is 1. The zero-order chi connectivity index (χ0) is 21.1. The Kier molecular flexibility index (Phi) is 5.02. The van der Waals surface area contributed by atoms with Gasteiger partial charge in [-0.1, -0.05) is 24.3 Å². The number of methoxy groups -OCH3 is 1. The standard InChI is InChI=1S/C23H17N5O2/c1-3-30-14-26-22-17(12-24)21(15-8-10-16(29-2)11-9-15)18(13-25)23-27-19-6-4-5-7-20(19)28(22)23/h4-11,14H,3H2,1-2H3/b26-14+. The molecular weight excluding hydrogens is 378 g/mol. The van der Waals surface area contributed by atoms with Gasteiger partial charge in [0.2, 0.25) is 0 Å². The summed E-state index contributed by atoms with van der Waals surface area (Å²) in [7, 11) is 1.58. The van der Waals surface area contributed by atoms with Gasteiger partial charge in [-0.3, -0.25) is 4.40 Å². The molecular formula is C23H17N5O2. The average molecular weight is 395 g/mol. The smallest absolute Gasteiger partial charge is 0.176 e. The molecule has 0 aliphatic rings. The Morgan fingerprint density at radius 3 is 2.47 bits per heavy atom. The molecule has 2 aromatic carbocycles. The van der Waals surface area contributed by atoms with E-state index in [4.69, 9.17) is 9.47 Å². The molecule has 7 heteroatoms. The highest BCUT2D eigenvalue weighted by Gasteiger charge is 2.23. The third-order valence-electron chi connectivity index (χ3n) is 4.74. The number of rotatable bonds is 5. The molecule has 0 aliphatic carbocycles. The van der Waals surface area contributed by atoms with Crippen molar-refractivity contribution in [2.75, 3.05) is 13.7 Å². The number of ether oxygens (including phenoxy) is 2. The van der Waals surface area contributed by atoms with E-state index in [-0.39, 0.29) is 5.56 Å². The second kappa shape index (κ2) is 7.94. The van der Waals surface area contributed by atoms with Crippen molar-refractivity contribution < 1.29 is 9.47 Å². The maximum atomic E-state index is 10.1. The van der Waals surface area contributed by atoms with Gasteiger partial charge in [-0.05, 0) is 36.8 Å². The minimum Gasteiger partial charge on any atom is -0.497 e. The summed E-state index contributed by atoms with van der Waals surface area (Å²) in [6.07, 6.45) is 1.31. The first-order chi connectivity index (χ1) is 14.7. The number of fused-ring (bicyclic) bond motifs is 3. The van der Waals surface area contributed by atoms with E-state index in [1.54, 1.807) is 23.6 Å². The van der Waals surface area contributed by atoms with Crippen LogP contribution in [-0.4, -0.2) is 29.5 Å². The molecule has 0 fully saturated rings. The Hall–Kier alpha value is -4.36. The van der Waals surface area contributed by atoms with E-state index in [1.165, 1.54) is 6.40 Å². The highest BCUT2D eigenvalue weighted by molar-refractivity contribution is 5.93. The summed E-state index contributed by atoms with van der Waals surface area (Å²) in [4.78, 5) is 9.09.